The molecule has 156 valence electrons. The average molecular weight is 404 g/mol. The molecule has 10 heteroatoms. The Morgan fingerprint density at radius 1 is 1.36 bits per heavy atom. The highest BCUT2D eigenvalue weighted by molar-refractivity contribution is 5.86. The molecule has 0 bridgehead atoms. The van der Waals surface area contributed by atoms with Crippen LogP contribution < -0.4 is 15.4 Å². The summed E-state index contributed by atoms with van der Waals surface area (Å²) in [5.41, 5.74) is -1.80. The van der Waals surface area contributed by atoms with Gasteiger partial charge in [0.05, 0.1) is 25.8 Å². The van der Waals surface area contributed by atoms with Gasteiger partial charge in [-0.15, -0.1) is 0 Å². The molecule has 28 heavy (non-hydrogen) atoms. The van der Waals surface area contributed by atoms with Crippen molar-refractivity contribution in [2.75, 3.05) is 24.3 Å². The fourth-order valence-corrected chi connectivity index (χ4v) is 2.49. The molecule has 2 rings (SSSR count). The second-order valence-electron chi connectivity index (χ2n) is 7.03. The van der Waals surface area contributed by atoms with E-state index in [1.54, 1.807) is 6.07 Å². The van der Waals surface area contributed by atoms with Gasteiger partial charge in [0.15, 0.2) is 0 Å². The zero-order chi connectivity index (χ0) is 21.1. The number of rotatable bonds is 5. The summed E-state index contributed by atoms with van der Waals surface area (Å²) in [4.78, 5) is 23.2. The normalized spacial score (nSPS) is 17.5. The van der Waals surface area contributed by atoms with Crippen molar-refractivity contribution in [3.63, 3.8) is 0 Å². The molecule has 0 saturated carbocycles. The second kappa shape index (κ2) is 8.15. The highest BCUT2D eigenvalue weighted by Gasteiger charge is 2.51. The molecule has 1 amide bonds. The Morgan fingerprint density at radius 3 is 2.64 bits per heavy atom. The van der Waals surface area contributed by atoms with Crippen molar-refractivity contribution in [1.82, 2.24) is 0 Å². The predicted molar refractivity (Wildman–Crippen MR) is 95.4 cm³/mol. The van der Waals surface area contributed by atoms with Gasteiger partial charge in [-0.25, -0.2) is 4.79 Å². The van der Waals surface area contributed by atoms with Crippen molar-refractivity contribution in [3.05, 3.63) is 18.2 Å². The van der Waals surface area contributed by atoms with Crippen molar-refractivity contribution in [2.45, 2.75) is 45.1 Å². The molecule has 7 nitrogen and oxygen atoms in total. The minimum absolute atomic E-state index is 0.0921. The number of hydrogen-bond acceptors (Lipinski definition) is 6. The van der Waals surface area contributed by atoms with Crippen LogP contribution in [0.2, 0.25) is 0 Å². The van der Waals surface area contributed by atoms with Gasteiger partial charge in [0.2, 0.25) is 5.60 Å². The van der Waals surface area contributed by atoms with E-state index in [2.05, 4.69) is 20.1 Å². The molecule has 1 heterocycles. The number of esters is 1. The number of carbonyl (C=O) groups excluding carboxylic acids is 2. The molecule has 0 fully saturated rings. The van der Waals surface area contributed by atoms with E-state index in [1.165, 1.54) is 19.2 Å². The lowest BCUT2D eigenvalue weighted by molar-refractivity contribution is -0.242. The fourth-order valence-electron chi connectivity index (χ4n) is 2.49. The number of benzene rings is 1. The van der Waals surface area contributed by atoms with Crippen LogP contribution in [0, 0.1) is 5.92 Å². The van der Waals surface area contributed by atoms with Gasteiger partial charge in [-0.05, 0) is 32.0 Å². The fraction of sp³-hybridized carbons (Fsp3) is 0.556. The van der Waals surface area contributed by atoms with Crippen LogP contribution in [-0.2, 0) is 14.3 Å². The van der Waals surface area contributed by atoms with Crippen LogP contribution in [0.4, 0.5) is 29.3 Å². The zero-order valence-corrected chi connectivity index (χ0v) is 16.0. The Balaban J connectivity index is 2.00. The number of methoxy groups -OCH3 is 1. The van der Waals surface area contributed by atoms with Gasteiger partial charge in [-0.2, -0.15) is 13.2 Å². The molecule has 0 aliphatic carbocycles. The van der Waals surface area contributed by atoms with E-state index >= 15 is 0 Å². The first kappa shape index (κ1) is 21.6. The lowest BCUT2D eigenvalue weighted by atomic mass is 9.99. The van der Waals surface area contributed by atoms with Crippen molar-refractivity contribution in [3.8, 4) is 5.75 Å². The van der Waals surface area contributed by atoms with E-state index in [4.69, 9.17) is 4.74 Å². The van der Waals surface area contributed by atoms with Gasteiger partial charge in [0.25, 0.3) is 0 Å². The second-order valence-corrected chi connectivity index (χ2v) is 7.03. The molecule has 0 saturated heterocycles. The van der Waals surface area contributed by atoms with E-state index < -0.39 is 17.9 Å². The molecule has 1 aliphatic rings. The summed E-state index contributed by atoms with van der Waals surface area (Å²) in [6.07, 6.45) is -5.96. The van der Waals surface area contributed by atoms with Gasteiger partial charge < -0.3 is 19.5 Å². The molecule has 0 aromatic heterocycles. The predicted octanol–water partition coefficient (Wildman–Crippen LogP) is 3.95. The maximum absolute atomic E-state index is 12.8. The van der Waals surface area contributed by atoms with Gasteiger partial charge in [-0.3, -0.25) is 10.1 Å². The van der Waals surface area contributed by atoms with Crippen LogP contribution in [-0.4, -0.2) is 43.6 Å². The third-order valence-corrected chi connectivity index (χ3v) is 4.38. The SMILES string of the molecule is COC(=O)C[C@@H](C)[C@H]1CNc2cc(NC(=O)OC(C)(C)C(F)(F)F)ccc2O1. The number of alkyl halides is 3. The van der Waals surface area contributed by atoms with E-state index in [0.717, 1.165) is 13.8 Å². The molecule has 0 radical (unpaired) electrons. The summed E-state index contributed by atoms with van der Waals surface area (Å²) in [5, 5.41) is 5.39. The number of nitrogens with one attached hydrogen (secondary N) is 2. The molecule has 2 N–H and O–H groups in total. The summed E-state index contributed by atoms with van der Waals surface area (Å²) in [7, 11) is 1.32. The number of anilines is 2. The van der Waals surface area contributed by atoms with Crippen LogP contribution in [0.3, 0.4) is 0 Å². The van der Waals surface area contributed by atoms with Gasteiger partial charge >= 0.3 is 18.2 Å². The number of amides is 1. The number of hydrogen-bond donors (Lipinski definition) is 2. The number of fused-ring (bicyclic) bond motifs is 1. The van der Waals surface area contributed by atoms with Crippen molar-refractivity contribution in [2.24, 2.45) is 5.92 Å². The Bertz CT molecular complexity index is 736. The van der Waals surface area contributed by atoms with Gasteiger partial charge in [0.1, 0.15) is 11.9 Å². The standard InChI is InChI=1S/C18H23F3N2O5/c1-10(7-15(24)26-4)14-9-22-12-8-11(5-6-13(12)27-14)23-16(25)28-17(2,3)18(19,20)21/h5-6,8,10,14,22H,7,9H2,1-4H3,(H,23,25)/t10-,14-/m1/s1. The maximum Gasteiger partial charge on any atom is 0.427 e. The largest absolute Gasteiger partial charge is 0.486 e. The molecule has 1 aliphatic heterocycles. The van der Waals surface area contributed by atoms with Crippen LogP contribution in [0.5, 0.6) is 5.75 Å². The topological polar surface area (TPSA) is 85.9 Å². The summed E-state index contributed by atoms with van der Waals surface area (Å²) in [6.45, 7) is 3.82. The summed E-state index contributed by atoms with van der Waals surface area (Å²) in [6, 6.07) is 4.58. The third-order valence-electron chi connectivity index (χ3n) is 4.38. The highest BCUT2D eigenvalue weighted by Crippen LogP contribution is 2.35. The first-order valence-corrected chi connectivity index (χ1v) is 8.61. The molecule has 0 spiro atoms. The van der Waals surface area contributed by atoms with Gasteiger partial charge in [-0.1, -0.05) is 6.92 Å². The van der Waals surface area contributed by atoms with E-state index in [0.29, 0.717) is 18.0 Å². The minimum atomic E-state index is -4.69. The summed E-state index contributed by atoms with van der Waals surface area (Å²) in [5.74, 6) is 0.0784. The monoisotopic (exact) mass is 404 g/mol. The molecule has 0 unspecified atom stereocenters. The number of ether oxygens (including phenoxy) is 3. The van der Waals surface area contributed by atoms with Gasteiger partial charge in [0, 0.05) is 11.6 Å². The lowest BCUT2D eigenvalue weighted by Gasteiger charge is -2.31. The number of carbonyl (C=O) groups is 2. The summed E-state index contributed by atoms with van der Waals surface area (Å²) >= 11 is 0. The van der Waals surface area contributed by atoms with Crippen LogP contribution >= 0.6 is 0 Å². The quantitative estimate of drug-likeness (QED) is 0.723. The molecule has 2 atom stereocenters. The third kappa shape index (κ3) is 5.20. The maximum atomic E-state index is 12.8. The lowest BCUT2D eigenvalue weighted by Crippen LogP contribution is -2.44. The Morgan fingerprint density at radius 2 is 2.04 bits per heavy atom. The van der Waals surface area contributed by atoms with Crippen LogP contribution in [0.25, 0.3) is 0 Å². The molecular formula is C18H23F3N2O5. The average Bonchev–Trinajstić information content (AvgIpc) is 2.59. The van der Waals surface area contributed by atoms with Crippen LogP contribution in [0.1, 0.15) is 27.2 Å². The first-order valence-electron chi connectivity index (χ1n) is 8.61. The number of halogens is 3. The zero-order valence-electron chi connectivity index (χ0n) is 16.0. The first-order chi connectivity index (χ1) is 12.9. The Labute approximate surface area is 160 Å². The van der Waals surface area contributed by atoms with E-state index in [-0.39, 0.29) is 30.1 Å². The minimum Gasteiger partial charge on any atom is -0.486 e. The van der Waals surface area contributed by atoms with E-state index in [9.17, 15) is 22.8 Å². The summed E-state index contributed by atoms with van der Waals surface area (Å²) < 4.78 is 53.4. The molecular weight excluding hydrogens is 381 g/mol. The smallest absolute Gasteiger partial charge is 0.427 e. The molecule has 1 aromatic carbocycles. The Kier molecular flexibility index (Phi) is 6.30. The molecule has 1 aromatic rings. The van der Waals surface area contributed by atoms with E-state index in [1.807, 2.05) is 6.92 Å². The van der Waals surface area contributed by atoms with Crippen molar-refractivity contribution in [1.29, 1.82) is 0 Å². The van der Waals surface area contributed by atoms with Crippen molar-refractivity contribution < 1.29 is 37.0 Å². The van der Waals surface area contributed by atoms with Crippen LogP contribution in [0.15, 0.2) is 18.2 Å². The van der Waals surface area contributed by atoms with Crippen molar-refractivity contribution >= 4 is 23.4 Å². The Hall–Kier alpha value is -2.65. The highest BCUT2D eigenvalue weighted by atomic mass is 19.4.